The first-order chi connectivity index (χ1) is 13.0. The monoisotopic (exact) mass is 386 g/mol. The summed E-state index contributed by atoms with van der Waals surface area (Å²) >= 11 is 6.20. The van der Waals surface area contributed by atoms with Gasteiger partial charge in [0.1, 0.15) is 23.9 Å². The highest BCUT2D eigenvalue weighted by Crippen LogP contribution is 2.40. The van der Waals surface area contributed by atoms with E-state index in [4.69, 9.17) is 30.5 Å². The Morgan fingerprint density at radius 1 is 1.22 bits per heavy atom. The van der Waals surface area contributed by atoms with Crippen LogP contribution in [-0.4, -0.2) is 12.6 Å². The van der Waals surface area contributed by atoms with Crippen molar-refractivity contribution in [2.75, 3.05) is 6.79 Å². The third-order valence-electron chi connectivity index (χ3n) is 4.60. The predicted molar refractivity (Wildman–Crippen MR) is 101 cm³/mol. The molecular formula is C21H19ClO5. The summed E-state index contributed by atoms with van der Waals surface area (Å²) in [5.41, 5.74) is 3.96. The van der Waals surface area contributed by atoms with E-state index in [-0.39, 0.29) is 19.2 Å². The number of fused-ring (bicyclic) bond motifs is 2. The topological polar surface area (TPSA) is 54.0 Å². The number of ether oxygens (including phenoxy) is 4. The Balaban J connectivity index is 1.61. The van der Waals surface area contributed by atoms with Crippen molar-refractivity contribution in [1.82, 2.24) is 0 Å². The summed E-state index contributed by atoms with van der Waals surface area (Å²) in [7, 11) is 0. The second-order valence-corrected chi connectivity index (χ2v) is 7.21. The maximum atomic E-state index is 12.4. The van der Waals surface area contributed by atoms with Crippen LogP contribution in [0.3, 0.4) is 0 Å². The molecule has 0 aromatic heterocycles. The Labute approximate surface area is 162 Å². The van der Waals surface area contributed by atoms with Crippen LogP contribution in [-0.2, 0) is 18.0 Å². The van der Waals surface area contributed by atoms with Gasteiger partial charge in [0.2, 0.25) is 5.78 Å². The fourth-order valence-electron chi connectivity index (χ4n) is 3.26. The van der Waals surface area contributed by atoms with Crippen LogP contribution in [0.2, 0.25) is 5.02 Å². The lowest BCUT2D eigenvalue weighted by atomic mass is 10.1. The first-order valence-electron chi connectivity index (χ1n) is 8.64. The van der Waals surface area contributed by atoms with Crippen LogP contribution < -0.4 is 14.2 Å². The van der Waals surface area contributed by atoms with Crippen LogP contribution in [0.15, 0.2) is 35.6 Å². The molecule has 0 N–H and O–H groups in total. The summed E-state index contributed by atoms with van der Waals surface area (Å²) in [5, 5.41) is 0.606. The fraction of sp³-hybridized carbons (Fsp3) is 0.286. The molecule has 2 aliphatic heterocycles. The third-order valence-corrected chi connectivity index (χ3v) is 4.82. The second kappa shape index (κ2) is 6.91. The van der Waals surface area contributed by atoms with E-state index in [9.17, 15) is 4.79 Å². The molecule has 0 spiro atoms. The zero-order chi connectivity index (χ0) is 19.1. The number of allylic oxidation sites excluding steroid dienone is 2. The Hall–Kier alpha value is -2.50. The highest BCUT2D eigenvalue weighted by Gasteiger charge is 2.31. The van der Waals surface area contributed by atoms with Crippen molar-refractivity contribution in [2.24, 2.45) is 0 Å². The number of ketones is 1. The van der Waals surface area contributed by atoms with Crippen LogP contribution in [0.1, 0.15) is 40.9 Å². The maximum absolute atomic E-state index is 12.4. The number of carbonyl (C=O) groups is 1. The van der Waals surface area contributed by atoms with Gasteiger partial charge < -0.3 is 18.9 Å². The smallest absolute Gasteiger partial charge is 0.231 e. The van der Waals surface area contributed by atoms with Crippen molar-refractivity contribution in [3.05, 3.63) is 62.9 Å². The molecule has 0 aliphatic carbocycles. The molecule has 2 aromatic carbocycles. The molecule has 0 saturated carbocycles. The van der Waals surface area contributed by atoms with Gasteiger partial charge >= 0.3 is 0 Å². The van der Waals surface area contributed by atoms with E-state index in [1.165, 1.54) is 0 Å². The van der Waals surface area contributed by atoms with Crippen molar-refractivity contribution in [1.29, 1.82) is 0 Å². The highest BCUT2D eigenvalue weighted by molar-refractivity contribution is 6.30. The molecule has 5 nitrogen and oxygen atoms in total. The van der Waals surface area contributed by atoms with E-state index in [0.29, 0.717) is 34.5 Å². The van der Waals surface area contributed by atoms with Crippen molar-refractivity contribution < 1.29 is 23.7 Å². The average Bonchev–Trinajstić information content (AvgIpc) is 2.98. The van der Waals surface area contributed by atoms with Crippen LogP contribution in [0, 0.1) is 6.92 Å². The zero-order valence-electron chi connectivity index (χ0n) is 15.3. The average molecular weight is 387 g/mol. The molecule has 2 heterocycles. The number of hydrogen-bond donors (Lipinski definition) is 0. The van der Waals surface area contributed by atoms with Crippen LogP contribution in [0.5, 0.6) is 17.2 Å². The minimum Gasteiger partial charge on any atom is -0.488 e. The Morgan fingerprint density at radius 3 is 2.81 bits per heavy atom. The van der Waals surface area contributed by atoms with Gasteiger partial charge in [0.15, 0.2) is 12.6 Å². The molecule has 0 fully saturated rings. The van der Waals surface area contributed by atoms with Gasteiger partial charge in [-0.2, -0.15) is 0 Å². The summed E-state index contributed by atoms with van der Waals surface area (Å²) in [6.45, 7) is 6.55. The van der Waals surface area contributed by atoms with Crippen molar-refractivity contribution in [3.8, 4) is 17.2 Å². The van der Waals surface area contributed by atoms with E-state index in [1.807, 2.05) is 32.9 Å². The number of Topliss-reactive ketones (excluding diaryl/α,β-unsaturated/α-hetero) is 1. The summed E-state index contributed by atoms with van der Waals surface area (Å²) in [6.07, 6.45) is 0. The standard InChI is InChI=1S/C21H19ClO5/c1-11(2)19-18(23)16-4-5-17(12(3)20(16)27-19)25-9-14-7-15(22)6-13-8-24-10-26-21(13)14/h4-7H,8-10H2,1-3H3. The predicted octanol–water partition coefficient (Wildman–Crippen LogP) is 4.96. The molecule has 27 heavy (non-hydrogen) atoms. The summed E-state index contributed by atoms with van der Waals surface area (Å²) in [5.74, 6) is 2.27. The molecule has 4 rings (SSSR count). The lowest BCUT2D eigenvalue weighted by Gasteiger charge is -2.21. The minimum atomic E-state index is -0.0861. The number of benzene rings is 2. The molecule has 0 saturated heterocycles. The highest BCUT2D eigenvalue weighted by atomic mass is 35.5. The van der Waals surface area contributed by atoms with Crippen LogP contribution >= 0.6 is 11.6 Å². The van der Waals surface area contributed by atoms with Gasteiger partial charge in [0, 0.05) is 21.7 Å². The summed E-state index contributed by atoms with van der Waals surface area (Å²) in [4.78, 5) is 12.4. The molecule has 0 unspecified atom stereocenters. The molecule has 0 radical (unpaired) electrons. The molecule has 6 heteroatoms. The minimum absolute atomic E-state index is 0.0861. The van der Waals surface area contributed by atoms with Gasteiger partial charge in [0.05, 0.1) is 12.2 Å². The molecule has 0 amide bonds. The van der Waals surface area contributed by atoms with E-state index in [0.717, 1.165) is 28.0 Å². The fourth-order valence-corrected chi connectivity index (χ4v) is 3.52. The van der Waals surface area contributed by atoms with E-state index in [2.05, 4.69) is 0 Å². The molecule has 2 aromatic rings. The second-order valence-electron chi connectivity index (χ2n) is 6.78. The first kappa shape index (κ1) is 17.9. The first-order valence-corrected chi connectivity index (χ1v) is 9.01. The van der Waals surface area contributed by atoms with Gasteiger partial charge in [-0.25, -0.2) is 0 Å². The van der Waals surface area contributed by atoms with Crippen LogP contribution in [0.4, 0.5) is 0 Å². The molecule has 2 aliphatic rings. The largest absolute Gasteiger partial charge is 0.488 e. The molecule has 140 valence electrons. The zero-order valence-corrected chi connectivity index (χ0v) is 16.1. The maximum Gasteiger partial charge on any atom is 0.231 e. The number of halogens is 1. The normalized spacial score (nSPS) is 15.0. The lowest BCUT2D eigenvalue weighted by Crippen LogP contribution is -2.14. The third kappa shape index (κ3) is 3.17. The summed E-state index contributed by atoms with van der Waals surface area (Å²) < 4.78 is 22.7. The van der Waals surface area contributed by atoms with Crippen LogP contribution in [0.25, 0.3) is 0 Å². The molecular weight excluding hydrogens is 368 g/mol. The Morgan fingerprint density at radius 2 is 2.04 bits per heavy atom. The Kier molecular flexibility index (Phi) is 4.58. The number of hydrogen-bond acceptors (Lipinski definition) is 5. The lowest BCUT2D eigenvalue weighted by molar-refractivity contribution is -0.0175. The van der Waals surface area contributed by atoms with Crippen molar-refractivity contribution >= 4 is 17.4 Å². The Bertz CT molecular complexity index is 973. The van der Waals surface area contributed by atoms with Gasteiger partial charge in [-0.3, -0.25) is 4.79 Å². The number of carbonyl (C=O) groups excluding carboxylic acids is 1. The van der Waals surface area contributed by atoms with Gasteiger partial charge in [-0.15, -0.1) is 0 Å². The quantitative estimate of drug-likeness (QED) is 0.697. The van der Waals surface area contributed by atoms with Crippen molar-refractivity contribution in [3.63, 3.8) is 0 Å². The molecule has 0 bridgehead atoms. The SMILES string of the molecule is CC(C)=C1Oc2c(ccc(OCc3cc(Cl)cc4c3OCOC4)c2C)C1=O. The van der Waals surface area contributed by atoms with Gasteiger partial charge in [-0.05, 0) is 50.6 Å². The molecule has 0 atom stereocenters. The van der Waals surface area contributed by atoms with E-state index < -0.39 is 0 Å². The van der Waals surface area contributed by atoms with Crippen molar-refractivity contribution in [2.45, 2.75) is 34.0 Å². The van der Waals surface area contributed by atoms with Gasteiger partial charge in [0.25, 0.3) is 0 Å². The van der Waals surface area contributed by atoms with E-state index >= 15 is 0 Å². The van der Waals surface area contributed by atoms with Gasteiger partial charge in [-0.1, -0.05) is 11.6 Å². The van der Waals surface area contributed by atoms with E-state index in [1.54, 1.807) is 12.1 Å². The summed E-state index contributed by atoms with van der Waals surface area (Å²) in [6, 6.07) is 7.20. The number of rotatable bonds is 3.